The highest BCUT2D eigenvalue weighted by molar-refractivity contribution is 7.89. The van der Waals surface area contributed by atoms with Crippen LogP contribution in [-0.2, 0) is 30.8 Å². The summed E-state index contributed by atoms with van der Waals surface area (Å²) in [5, 5.41) is 2.91. The van der Waals surface area contributed by atoms with Crippen LogP contribution in [0.2, 0.25) is 5.02 Å². The lowest BCUT2D eigenvalue weighted by Crippen LogP contribution is -2.42. The molecule has 206 valence electrons. The largest absolute Gasteiger partial charge is 0.496 e. The molecule has 0 saturated carbocycles. The summed E-state index contributed by atoms with van der Waals surface area (Å²) in [6, 6.07) is 8.71. The molecule has 1 aliphatic rings. The molecule has 2 amide bonds. The lowest BCUT2D eigenvalue weighted by Gasteiger charge is -2.25. The fourth-order valence-corrected chi connectivity index (χ4v) is 5.69. The lowest BCUT2D eigenvalue weighted by atomic mass is 9.93. The first-order valence-electron chi connectivity index (χ1n) is 11.8. The quantitative estimate of drug-likeness (QED) is 0.521. The number of anilines is 1. The van der Waals surface area contributed by atoms with E-state index in [0.717, 1.165) is 6.07 Å². The van der Waals surface area contributed by atoms with E-state index in [1.165, 1.54) is 26.4 Å². The van der Waals surface area contributed by atoms with Crippen LogP contribution in [0.4, 0.5) is 10.5 Å². The van der Waals surface area contributed by atoms with Gasteiger partial charge in [-0.05, 0) is 75.6 Å². The van der Waals surface area contributed by atoms with Gasteiger partial charge >= 0.3 is 6.09 Å². The number of nitrogens with one attached hydrogen (secondary N) is 1. The Labute approximate surface area is 227 Å². The Balaban J connectivity index is 1.96. The van der Waals surface area contributed by atoms with Gasteiger partial charge in [0.15, 0.2) is 5.78 Å². The topological polar surface area (TPSA) is 128 Å². The van der Waals surface area contributed by atoms with E-state index in [-0.39, 0.29) is 41.4 Å². The number of sulfonamides is 1. The lowest BCUT2D eigenvalue weighted by molar-refractivity contribution is -0.131. The van der Waals surface area contributed by atoms with E-state index in [9.17, 15) is 22.8 Å². The normalized spacial score (nSPS) is 16.6. The van der Waals surface area contributed by atoms with Crippen LogP contribution in [0.5, 0.6) is 11.5 Å². The Bertz CT molecular complexity index is 1340. The summed E-state index contributed by atoms with van der Waals surface area (Å²) in [4.78, 5) is 38.1. The number of halogens is 1. The standard InChI is InChI=1S/C26H31ClN2O8S/c1-26(2,3)37-25(32)28-21-14-20(9-11-23(21)36-5)38(33,34)29-15-19(30)8-6-16(24(29)31)12-17-13-18(27)7-10-22(17)35-4/h7,9-11,13-14,16H,6,8,12,15H2,1-5H3,(H,28,32). The number of ether oxygens (including phenoxy) is 3. The minimum Gasteiger partial charge on any atom is -0.496 e. The van der Waals surface area contributed by atoms with E-state index in [1.807, 2.05) is 0 Å². The second-order valence-electron chi connectivity index (χ2n) is 9.77. The van der Waals surface area contributed by atoms with Crippen LogP contribution in [-0.4, -0.2) is 56.9 Å². The molecule has 0 spiro atoms. The molecular weight excluding hydrogens is 536 g/mol. The maximum atomic E-state index is 13.7. The van der Waals surface area contributed by atoms with E-state index in [0.29, 0.717) is 20.6 Å². The number of amides is 2. The van der Waals surface area contributed by atoms with Crippen molar-refractivity contribution in [2.24, 2.45) is 5.92 Å². The maximum Gasteiger partial charge on any atom is 0.412 e. The molecular formula is C26H31ClN2O8S. The van der Waals surface area contributed by atoms with Gasteiger partial charge in [-0.2, -0.15) is 0 Å². The molecule has 0 aliphatic carbocycles. The van der Waals surface area contributed by atoms with Crippen molar-refractivity contribution in [1.82, 2.24) is 4.31 Å². The number of carbonyl (C=O) groups excluding carboxylic acids is 3. The molecule has 1 aliphatic heterocycles. The second kappa shape index (κ2) is 11.6. The smallest absolute Gasteiger partial charge is 0.412 e. The highest BCUT2D eigenvalue weighted by Crippen LogP contribution is 2.33. The van der Waals surface area contributed by atoms with Crippen LogP contribution >= 0.6 is 11.6 Å². The van der Waals surface area contributed by atoms with Crippen LogP contribution in [0.15, 0.2) is 41.3 Å². The highest BCUT2D eigenvalue weighted by atomic mass is 35.5. The summed E-state index contributed by atoms with van der Waals surface area (Å²) in [7, 11) is -1.64. The van der Waals surface area contributed by atoms with E-state index in [2.05, 4.69) is 5.32 Å². The average Bonchev–Trinajstić information content (AvgIpc) is 2.97. The zero-order valence-electron chi connectivity index (χ0n) is 21.9. The molecule has 0 radical (unpaired) electrons. The Hall–Kier alpha value is -3.31. The van der Waals surface area contributed by atoms with Crippen molar-refractivity contribution in [2.45, 2.75) is 50.5 Å². The van der Waals surface area contributed by atoms with Gasteiger partial charge in [0.25, 0.3) is 10.0 Å². The summed E-state index contributed by atoms with van der Waals surface area (Å²) >= 11 is 6.13. The average molecular weight is 567 g/mol. The zero-order chi connectivity index (χ0) is 28.3. The number of carbonyl (C=O) groups is 3. The van der Waals surface area contributed by atoms with Gasteiger partial charge in [0, 0.05) is 17.4 Å². The third-order valence-corrected chi connectivity index (χ3v) is 7.76. The summed E-state index contributed by atoms with van der Waals surface area (Å²) in [5.74, 6) is -1.22. The number of hydrogen-bond acceptors (Lipinski definition) is 8. The van der Waals surface area contributed by atoms with Crippen LogP contribution in [0.1, 0.15) is 39.2 Å². The van der Waals surface area contributed by atoms with Gasteiger partial charge in [0.1, 0.15) is 17.1 Å². The van der Waals surface area contributed by atoms with E-state index < -0.39 is 40.1 Å². The van der Waals surface area contributed by atoms with Crippen LogP contribution < -0.4 is 14.8 Å². The summed E-state index contributed by atoms with van der Waals surface area (Å²) in [5.41, 5.74) is -0.143. The summed E-state index contributed by atoms with van der Waals surface area (Å²) in [6.07, 6.45) is -0.468. The first kappa shape index (κ1) is 29.2. The molecule has 1 heterocycles. The number of methoxy groups -OCH3 is 2. The van der Waals surface area contributed by atoms with Crippen LogP contribution in [0, 0.1) is 5.92 Å². The molecule has 1 atom stereocenters. The van der Waals surface area contributed by atoms with Crippen LogP contribution in [0.3, 0.4) is 0 Å². The summed E-state index contributed by atoms with van der Waals surface area (Å²) < 4.78 is 43.8. The maximum absolute atomic E-state index is 13.7. The Morgan fingerprint density at radius 3 is 2.37 bits per heavy atom. The SMILES string of the molecule is COc1ccc(Cl)cc1CC1CCC(=O)CN(S(=O)(=O)c2ccc(OC)c(NC(=O)OC(C)(C)C)c2)C1=O. The molecule has 2 aromatic rings. The Morgan fingerprint density at radius 1 is 1.08 bits per heavy atom. The monoisotopic (exact) mass is 566 g/mol. The number of ketones is 1. The molecule has 1 saturated heterocycles. The number of hydrogen-bond donors (Lipinski definition) is 1. The van der Waals surface area contributed by atoms with Crippen LogP contribution in [0.25, 0.3) is 0 Å². The summed E-state index contributed by atoms with van der Waals surface area (Å²) in [6.45, 7) is 4.46. The van der Waals surface area contributed by atoms with E-state index in [1.54, 1.807) is 39.0 Å². The van der Waals surface area contributed by atoms with Crippen molar-refractivity contribution in [1.29, 1.82) is 0 Å². The van der Waals surface area contributed by atoms with Gasteiger partial charge in [-0.1, -0.05) is 11.6 Å². The first-order valence-corrected chi connectivity index (χ1v) is 13.7. The van der Waals surface area contributed by atoms with Gasteiger partial charge in [0.2, 0.25) is 5.91 Å². The van der Waals surface area contributed by atoms with Crippen molar-refractivity contribution in [2.75, 3.05) is 26.1 Å². The first-order chi connectivity index (χ1) is 17.7. The molecule has 0 aromatic heterocycles. The van der Waals surface area contributed by atoms with Gasteiger partial charge in [-0.15, -0.1) is 0 Å². The van der Waals surface area contributed by atoms with Crippen molar-refractivity contribution in [3.63, 3.8) is 0 Å². The molecule has 0 bridgehead atoms. The number of benzene rings is 2. The van der Waals surface area contributed by atoms with Crippen molar-refractivity contribution in [3.05, 3.63) is 47.0 Å². The van der Waals surface area contributed by atoms with Crippen molar-refractivity contribution >= 4 is 45.1 Å². The van der Waals surface area contributed by atoms with Gasteiger partial charge < -0.3 is 14.2 Å². The van der Waals surface area contributed by atoms with Gasteiger partial charge in [-0.3, -0.25) is 14.9 Å². The molecule has 10 nitrogen and oxygen atoms in total. The van der Waals surface area contributed by atoms with Crippen molar-refractivity contribution in [3.8, 4) is 11.5 Å². The number of Topliss-reactive ketones (excluding diaryl/α,β-unsaturated/α-hetero) is 1. The fraction of sp³-hybridized carbons (Fsp3) is 0.423. The fourth-order valence-electron chi connectivity index (χ4n) is 4.03. The second-order valence-corrected chi connectivity index (χ2v) is 12.1. The van der Waals surface area contributed by atoms with Crippen molar-refractivity contribution < 1.29 is 37.0 Å². The predicted molar refractivity (Wildman–Crippen MR) is 141 cm³/mol. The Kier molecular flexibility index (Phi) is 8.94. The van der Waals surface area contributed by atoms with E-state index >= 15 is 0 Å². The highest BCUT2D eigenvalue weighted by Gasteiger charge is 2.38. The van der Waals surface area contributed by atoms with Gasteiger partial charge in [0.05, 0.1) is 31.3 Å². The third-order valence-electron chi connectivity index (χ3n) is 5.79. The molecule has 3 rings (SSSR count). The minimum atomic E-state index is -4.48. The van der Waals surface area contributed by atoms with Gasteiger partial charge in [-0.25, -0.2) is 17.5 Å². The molecule has 38 heavy (non-hydrogen) atoms. The number of rotatable bonds is 7. The molecule has 12 heteroatoms. The molecule has 1 N–H and O–H groups in total. The molecule has 2 aromatic carbocycles. The predicted octanol–water partition coefficient (Wildman–Crippen LogP) is 4.44. The molecule has 1 fully saturated rings. The number of nitrogens with zero attached hydrogens (tertiary/aromatic N) is 1. The Morgan fingerprint density at radius 2 is 1.74 bits per heavy atom. The zero-order valence-corrected chi connectivity index (χ0v) is 23.4. The third kappa shape index (κ3) is 6.96. The minimum absolute atomic E-state index is 0.0247. The molecule has 1 unspecified atom stereocenters. The van der Waals surface area contributed by atoms with E-state index in [4.69, 9.17) is 25.8 Å².